The van der Waals surface area contributed by atoms with Crippen molar-refractivity contribution in [3.8, 4) is 17.2 Å². The number of carbonyl (C=O) groups is 1. The van der Waals surface area contributed by atoms with Gasteiger partial charge in [0.05, 0.1) is 18.0 Å². The quantitative estimate of drug-likeness (QED) is 0.637. The number of methoxy groups -OCH3 is 1. The summed E-state index contributed by atoms with van der Waals surface area (Å²) in [5.74, 6) is -1.04. The largest absolute Gasteiger partial charge is 0.497 e. The molecule has 140 valence electrons. The number of nitrogens with zero attached hydrogens (tertiary/aromatic N) is 2. The molecule has 3 aromatic rings. The predicted octanol–water partition coefficient (Wildman–Crippen LogP) is 4.14. The minimum Gasteiger partial charge on any atom is -0.497 e. The Morgan fingerprint density at radius 3 is 2.59 bits per heavy atom. The molecule has 0 spiro atoms. The molecule has 1 heterocycles. The average Bonchev–Trinajstić information content (AvgIpc) is 3.12. The molecule has 9 heteroatoms. The summed E-state index contributed by atoms with van der Waals surface area (Å²) in [5.41, 5.74) is 0.610. The van der Waals surface area contributed by atoms with Crippen LogP contribution in [0.1, 0.15) is 6.92 Å². The number of thioether (sulfide) groups is 1. The number of carbonyl (C=O) groups excluding carboxylic acids is 1. The maximum absolute atomic E-state index is 13.6. The molecule has 1 amide bonds. The number of hydrogen-bond acceptors (Lipinski definition) is 6. The molecule has 3 rings (SSSR count). The molecule has 0 saturated carbocycles. The molecule has 0 bridgehead atoms. The molecule has 1 N–H and O–H groups in total. The highest BCUT2D eigenvalue weighted by Crippen LogP contribution is 2.28. The first kappa shape index (κ1) is 18.8. The van der Waals surface area contributed by atoms with Gasteiger partial charge in [0, 0.05) is 11.6 Å². The number of amides is 1. The van der Waals surface area contributed by atoms with Crippen molar-refractivity contribution in [3.05, 3.63) is 54.1 Å². The first-order valence-electron chi connectivity index (χ1n) is 7.87. The van der Waals surface area contributed by atoms with Crippen molar-refractivity contribution >= 4 is 23.4 Å². The maximum Gasteiger partial charge on any atom is 0.277 e. The summed E-state index contributed by atoms with van der Waals surface area (Å²) in [5, 5.41) is 9.82. The minimum absolute atomic E-state index is 0.0988. The Kier molecular flexibility index (Phi) is 5.70. The predicted molar refractivity (Wildman–Crippen MR) is 96.6 cm³/mol. The van der Waals surface area contributed by atoms with Crippen molar-refractivity contribution in [1.82, 2.24) is 10.2 Å². The maximum atomic E-state index is 13.6. The third-order valence-corrected chi connectivity index (χ3v) is 4.51. The summed E-state index contributed by atoms with van der Waals surface area (Å²) in [7, 11) is 1.57. The van der Waals surface area contributed by atoms with E-state index in [0.29, 0.717) is 23.3 Å². The fourth-order valence-electron chi connectivity index (χ4n) is 2.14. The van der Waals surface area contributed by atoms with Gasteiger partial charge in [-0.05, 0) is 43.3 Å². The lowest BCUT2D eigenvalue weighted by molar-refractivity contribution is -0.115. The number of anilines is 1. The Morgan fingerprint density at radius 2 is 1.93 bits per heavy atom. The third kappa shape index (κ3) is 4.62. The van der Waals surface area contributed by atoms with Crippen LogP contribution in [0.15, 0.2) is 52.1 Å². The van der Waals surface area contributed by atoms with Crippen LogP contribution in [0.2, 0.25) is 0 Å². The summed E-state index contributed by atoms with van der Waals surface area (Å²) in [6.07, 6.45) is 0. The van der Waals surface area contributed by atoms with E-state index in [2.05, 4.69) is 15.5 Å². The molecule has 27 heavy (non-hydrogen) atoms. The van der Waals surface area contributed by atoms with Gasteiger partial charge in [0.25, 0.3) is 5.22 Å². The van der Waals surface area contributed by atoms with E-state index in [9.17, 15) is 13.6 Å². The van der Waals surface area contributed by atoms with E-state index >= 15 is 0 Å². The molecule has 1 aromatic heterocycles. The number of rotatable bonds is 6. The summed E-state index contributed by atoms with van der Waals surface area (Å²) >= 11 is 1.03. The van der Waals surface area contributed by atoms with Gasteiger partial charge < -0.3 is 14.5 Å². The van der Waals surface area contributed by atoms with Crippen molar-refractivity contribution < 1.29 is 22.7 Å². The van der Waals surface area contributed by atoms with E-state index in [0.717, 1.165) is 23.9 Å². The molecule has 0 aliphatic carbocycles. The van der Waals surface area contributed by atoms with Crippen LogP contribution in [-0.2, 0) is 4.79 Å². The second kappa shape index (κ2) is 8.17. The number of halogens is 2. The highest BCUT2D eigenvalue weighted by Gasteiger charge is 2.20. The first-order valence-corrected chi connectivity index (χ1v) is 8.74. The van der Waals surface area contributed by atoms with Crippen LogP contribution in [0.5, 0.6) is 5.75 Å². The fourth-order valence-corrected chi connectivity index (χ4v) is 2.82. The minimum atomic E-state index is -0.847. The normalized spacial score (nSPS) is 11.9. The van der Waals surface area contributed by atoms with Gasteiger partial charge >= 0.3 is 0 Å². The van der Waals surface area contributed by atoms with E-state index < -0.39 is 22.8 Å². The van der Waals surface area contributed by atoms with Gasteiger partial charge in [-0.1, -0.05) is 11.8 Å². The monoisotopic (exact) mass is 391 g/mol. The van der Waals surface area contributed by atoms with E-state index in [-0.39, 0.29) is 10.9 Å². The summed E-state index contributed by atoms with van der Waals surface area (Å²) in [6.45, 7) is 1.61. The van der Waals surface area contributed by atoms with Gasteiger partial charge in [-0.2, -0.15) is 0 Å². The summed E-state index contributed by atoms with van der Waals surface area (Å²) in [4.78, 5) is 12.2. The third-order valence-electron chi connectivity index (χ3n) is 3.58. The van der Waals surface area contributed by atoms with Crippen molar-refractivity contribution in [3.63, 3.8) is 0 Å². The topological polar surface area (TPSA) is 77.2 Å². The number of aromatic nitrogens is 2. The second-order valence-corrected chi connectivity index (χ2v) is 6.77. The lowest BCUT2D eigenvalue weighted by Crippen LogP contribution is -2.23. The van der Waals surface area contributed by atoms with Crippen LogP contribution in [-0.4, -0.2) is 28.5 Å². The van der Waals surface area contributed by atoms with Gasteiger partial charge in [0.2, 0.25) is 11.8 Å². The van der Waals surface area contributed by atoms with Gasteiger partial charge in [-0.3, -0.25) is 4.79 Å². The van der Waals surface area contributed by atoms with Crippen LogP contribution in [0.25, 0.3) is 11.5 Å². The fraction of sp³-hybridized carbons (Fsp3) is 0.167. The van der Waals surface area contributed by atoms with Gasteiger partial charge in [-0.25, -0.2) is 8.78 Å². The molecule has 2 aromatic carbocycles. The molecule has 1 atom stereocenters. The zero-order chi connectivity index (χ0) is 19.4. The number of hydrogen-bond donors (Lipinski definition) is 1. The molecule has 0 saturated heterocycles. The lowest BCUT2D eigenvalue weighted by atomic mass is 10.2. The van der Waals surface area contributed by atoms with Crippen LogP contribution in [0, 0.1) is 11.6 Å². The Morgan fingerprint density at radius 1 is 1.19 bits per heavy atom. The molecule has 0 radical (unpaired) electrons. The molecule has 6 nitrogen and oxygen atoms in total. The van der Waals surface area contributed by atoms with Crippen molar-refractivity contribution in [2.45, 2.75) is 17.4 Å². The van der Waals surface area contributed by atoms with Crippen molar-refractivity contribution in [2.75, 3.05) is 12.4 Å². The molecular formula is C18H15F2N3O3S. The van der Waals surface area contributed by atoms with Crippen LogP contribution in [0.4, 0.5) is 14.5 Å². The smallest absolute Gasteiger partial charge is 0.277 e. The summed E-state index contributed by atoms with van der Waals surface area (Å²) in [6, 6.07) is 10.00. The van der Waals surface area contributed by atoms with E-state index in [1.807, 2.05) is 0 Å². The second-order valence-electron chi connectivity index (χ2n) is 5.48. The van der Waals surface area contributed by atoms with E-state index in [1.165, 1.54) is 0 Å². The molecule has 0 fully saturated rings. The first-order chi connectivity index (χ1) is 13.0. The Labute approximate surface area is 157 Å². The Bertz CT molecular complexity index is 947. The standard InChI is InChI=1S/C18H15F2N3O3S/c1-10(16(24)21-15-8-5-12(19)9-14(15)20)27-18-23-22-17(26-18)11-3-6-13(25-2)7-4-11/h3-10H,1-2H3,(H,21,24)/t10-/m0/s1. The molecular weight excluding hydrogens is 376 g/mol. The van der Waals surface area contributed by atoms with E-state index in [1.54, 1.807) is 38.3 Å². The molecule has 0 unspecified atom stereocenters. The lowest BCUT2D eigenvalue weighted by Gasteiger charge is -2.10. The van der Waals surface area contributed by atoms with Crippen LogP contribution >= 0.6 is 11.8 Å². The highest BCUT2D eigenvalue weighted by molar-refractivity contribution is 8.00. The van der Waals surface area contributed by atoms with Crippen LogP contribution in [0.3, 0.4) is 0 Å². The Hall–Kier alpha value is -2.94. The highest BCUT2D eigenvalue weighted by atomic mass is 32.2. The zero-order valence-corrected chi connectivity index (χ0v) is 15.2. The zero-order valence-electron chi connectivity index (χ0n) is 14.4. The average molecular weight is 391 g/mol. The number of ether oxygens (including phenoxy) is 1. The van der Waals surface area contributed by atoms with Gasteiger partial charge in [-0.15, -0.1) is 10.2 Å². The SMILES string of the molecule is COc1ccc(-c2nnc(S[C@@H](C)C(=O)Nc3ccc(F)cc3F)o2)cc1. The van der Waals surface area contributed by atoms with E-state index in [4.69, 9.17) is 9.15 Å². The number of nitrogens with one attached hydrogen (secondary N) is 1. The Balaban J connectivity index is 1.64. The number of benzene rings is 2. The van der Waals surface area contributed by atoms with Crippen molar-refractivity contribution in [2.24, 2.45) is 0 Å². The van der Waals surface area contributed by atoms with Gasteiger partial charge in [0.1, 0.15) is 17.4 Å². The molecule has 0 aliphatic heterocycles. The summed E-state index contributed by atoms with van der Waals surface area (Å²) < 4.78 is 37.2. The van der Waals surface area contributed by atoms with Crippen LogP contribution < -0.4 is 10.1 Å². The van der Waals surface area contributed by atoms with Crippen molar-refractivity contribution in [1.29, 1.82) is 0 Å². The molecule has 0 aliphatic rings. The van der Waals surface area contributed by atoms with Gasteiger partial charge in [0.15, 0.2) is 0 Å².